The molecule has 0 aromatic carbocycles. The zero-order chi connectivity index (χ0) is 10.8. The van der Waals surface area contributed by atoms with E-state index in [4.69, 9.17) is 17.3 Å². The number of piperidine rings is 1. The molecule has 82 valence electrons. The minimum absolute atomic E-state index is 0.599. The summed E-state index contributed by atoms with van der Waals surface area (Å²) in [7, 11) is 0. The molecule has 0 amide bonds. The average Bonchev–Trinajstić information content (AvgIpc) is 2.20. The summed E-state index contributed by atoms with van der Waals surface area (Å²) in [5.74, 6) is 1.70. The molecule has 0 bridgehead atoms. The molecule has 1 aliphatic rings. The smallest absolute Gasteiger partial charge is 0.151 e. The standard InChI is InChI=1S/C11H16ClN3/c1-8-2-4-15(5-3-8)11-10(13)6-9(12)7-14-11/h6-8H,2-5,13H2,1H3. The molecule has 2 heterocycles. The first-order chi connectivity index (χ1) is 7.16. The van der Waals surface area contributed by atoms with Gasteiger partial charge < -0.3 is 10.6 Å². The lowest BCUT2D eigenvalue weighted by atomic mass is 9.99. The molecule has 3 nitrogen and oxygen atoms in total. The Labute approximate surface area is 95.2 Å². The van der Waals surface area contributed by atoms with Crippen LogP contribution in [0.4, 0.5) is 11.5 Å². The maximum Gasteiger partial charge on any atom is 0.151 e. The quantitative estimate of drug-likeness (QED) is 0.799. The summed E-state index contributed by atoms with van der Waals surface area (Å²) >= 11 is 5.82. The molecule has 0 atom stereocenters. The Morgan fingerprint density at radius 1 is 1.47 bits per heavy atom. The van der Waals surface area contributed by atoms with Crippen LogP contribution in [0.25, 0.3) is 0 Å². The molecule has 0 saturated carbocycles. The molecular weight excluding hydrogens is 210 g/mol. The summed E-state index contributed by atoms with van der Waals surface area (Å²) in [5.41, 5.74) is 6.58. The highest BCUT2D eigenvalue weighted by Gasteiger charge is 2.18. The van der Waals surface area contributed by atoms with E-state index in [1.807, 2.05) is 0 Å². The van der Waals surface area contributed by atoms with Gasteiger partial charge in [0.25, 0.3) is 0 Å². The number of aromatic nitrogens is 1. The van der Waals surface area contributed by atoms with Crippen LogP contribution in [0.3, 0.4) is 0 Å². The molecule has 1 aromatic heterocycles. The van der Waals surface area contributed by atoms with Crippen LogP contribution in [0.5, 0.6) is 0 Å². The lowest BCUT2D eigenvalue weighted by molar-refractivity contribution is 0.437. The zero-order valence-electron chi connectivity index (χ0n) is 8.91. The van der Waals surface area contributed by atoms with Crippen LogP contribution in [0.1, 0.15) is 19.8 Å². The van der Waals surface area contributed by atoms with E-state index in [2.05, 4.69) is 16.8 Å². The molecule has 0 aliphatic carbocycles. The van der Waals surface area contributed by atoms with E-state index >= 15 is 0 Å². The predicted molar refractivity (Wildman–Crippen MR) is 64.3 cm³/mol. The van der Waals surface area contributed by atoms with Crippen molar-refractivity contribution in [2.24, 2.45) is 5.92 Å². The normalized spacial score (nSPS) is 18.1. The van der Waals surface area contributed by atoms with Gasteiger partial charge in [-0.25, -0.2) is 4.98 Å². The van der Waals surface area contributed by atoms with Crippen molar-refractivity contribution >= 4 is 23.1 Å². The van der Waals surface area contributed by atoms with E-state index in [-0.39, 0.29) is 0 Å². The van der Waals surface area contributed by atoms with Gasteiger partial charge in [-0.05, 0) is 24.8 Å². The van der Waals surface area contributed by atoms with E-state index in [0.717, 1.165) is 24.8 Å². The molecule has 1 aliphatic heterocycles. The minimum atomic E-state index is 0.599. The first kappa shape index (κ1) is 10.6. The highest BCUT2D eigenvalue weighted by atomic mass is 35.5. The lowest BCUT2D eigenvalue weighted by Crippen LogP contribution is -2.33. The van der Waals surface area contributed by atoms with E-state index in [1.165, 1.54) is 12.8 Å². The van der Waals surface area contributed by atoms with Crippen molar-refractivity contribution in [1.82, 2.24) is 4.98 Å². The van der Waals surface area contributed by atoms with Gasteiger partial charge in [0.15, 0.2) is 5.82 Å². The maximum absolute atomic E-state index is 5.90. The molecule has 4 heteroatoms. The van der Waals surface area contributed by atoms with Crippen LogP contribution in [-0.4, -0.2) is 18.1 Å². The molecule has 0 spiro atoms. The molecule has 0 radical (unpaired) electrons. The summed E-state index contributed by atoms with van der Waals surface area (Å²) < 4.78 is 0. The molecule has 1 aromatic rings. The summed E-state index contributed by atoms with van der Waals surface area (Å²) in [6.07, 6.45) is 4.08. The Kier molecular flexibility index (Phi) is 3.00. The van der Waals surface area contributed by atoms with Crippen molar-refractivity contribution < 1.29 is 0 Å². The predicted octanol–water partition coefficient (Wildman–Crippen LogP) is 2.55. The fourth-order valence-electron chi connectivity index (χ4n) is 1.93. The SMILES string of the molecule is CC1CCN(c2ncc(Cl)cc2N)CC1. The third-order valence-electron chi connectivity index (χ3n) is 2.94. The van der Waals surface area contributed by atoms with Gasteiger partial charge in [-0.1, -0.05) is 18.5 Å². The number of halogens is 1. The lowest BCUT2D eigenvalue weighted by Gasteiger charge is -2.31. The Balaban J connectivity index is 2.15. The molecular formula is C11H16ClN3. The second kappa shape index (κ2) is 4.27. The van der Waals surface area contributed by atoms with Crippen LogP contribution >= 0.6 is 11.6 Å². The largest absolute Gasteiger partial charge is 0.396 e. The number of rotatable bonds is 1. The van der Waals surface area contributed by atoms with Crippen molar-refractivity contribution in [2.75, 3.05) is 23.7 Å². The van der Waals surface area contributed by atoms with Gasteiger partial charge in [0, 0.05) is 19.3 Å². The van der Waals surface area contributed by atoms with Gasteiger partial charge in [0.2, 0.25) is 0 Å². The van der Waals surface area contributed by atoms with Gasteiger partial charge in [-0.3, -0.25) is 0 Å². The Morgan fingerprint density at radius 2 is 2.13 bits per heavy atom. The van der Waals surface area contributed by atoms with Crippen LogP contribution in [0.15, 0.2) is 12.3 Å². The fraction of sp³-hybridized carbons (Fsp3) is 0.545. The van der Waals surface area contributed by atoms with Gasteiger partial charge in [0.1, 0.15) is 0 Å². The van der Waals surface area contributed by atoms with Crippen molar-refractivity contribution in [3.8, 4) is 0 Å². The zero-order valence-corrected chi connectivity index (χ0v) is 9.67. The van der Waals surface area contributed by atoms with Crippen molar-refractivity contribution in [3.05, 3.63) is 17.3 Å². The van der Waals surface area contributed by atoms with E-state index in [1.54, 1.807) is 12.3 Å². The highest BCUT2D eigenvalue weighted by molar-refractivity contribution is 6.30. The summed E-state index contributed by atoms with van der Waals surface area (Å²) in [6, 6.07) is 1.77. The third kappa shape index (κ3) is 2.34. The maximum atomic E-state index is 5.90. The summed E-state index contributed by atoms with van der Waals surface area (Å²) in [4.78, 5) is 6.54. The first-order valence-electron chi connectivity index (χ1n) is 5.33. The van der Waals surface area contributed by atoms with Crippen LogP contribution in [-0.2, 0) is 0 Å². The third-order valence-corrected chi connectivity index (χ3v) is 3.15. The van der Waals surface area contributed by atoms with E-state index < -0.39 is 0 Å². The number of anilines is 2. The number of hydrogen-bond acceptors (Lipinski definition) is 3. The number of nitrogens with two attached hydrogens (primary N) is 1. The van der Waals surface area contributed by atoms with Crippen molar-refractivity contribution in [2.45, 2.75) is 19.8 Å². The number of hydrogen-bond donors (Lipinski definition) is 1. The average molecular weight is 226 g/mol. The monoisotopic (exact) mass is 225 g/mol. The number of pyridine rings is 1. The topological polar surface area (TPSA) is 42.2 Å². The number of nitrogens with zero attached hydrogens (tertiary/aromatic N) is 2. The molecule has 15 heavy (non-hydrogen) atoms. The molecule has 2 N–H and O–H groups in total. The van der Waals surface area contributed by atoms with Gasteiger partial charge in [0.05, 0.1) is 10.7 Å². The van der Waals surface area contributed by atoms with Crippen molar-refractivity contribution in [1.29, 1.82) is 0 Å². The van der Waals surface area contributed by atoms with Crippen LogP contribution < -0.4 is 10.6 Å². The van der Waals surface area contributed by atoms with Crippen LogP contribution in [0.2, 0.25) is 5.02 Å². The van der Waals surface area contributed by atoms with Gasteiger partial charge in [-0.15, -0.1) is 0 Å². The first-order valence-corrected chi connectivity index (χ1v) is 5.70. The van der Waals surface area contributed by atoms with Gasteiger partial charge in [-0.2, -0.15) is 0 Å². The van der Waals surface area contributed by atoms with Crippen molar-refractivity contribution in [3.63, 3.8) is 0 Å². The van der Waals surface area contributed by atoms with E-state index in [9.17, 15) is 0 Å². The summed E-state index contributed by atoms with van der Waals surface area (Å²) in [5, 5.41) is 0.599. The Hall–Kier alpha value is -0.960. The Morgan fingerprint density at radius 3 is 2.73 bits per heavy atom. The van der Waals surface area contributed by atoms with E-state index in [0.29, 0.717) is 10.7 Å². The number of nitrogen functional groups attached to an aromatic ring is 1. The highest BCUT2D eigenvalue weighted by Crippen LogP contribution is 2.27. The summed E-state index contributed by atoms with van der Waals surface area (Å²) in [6.45, 7) is 4.37. The molecule has 1 saturated heterocycles. The molecule has 2 rings (SSSR count). The second-order valence-electron chi connectivity index (χ2n) is 4.24. The fourth-order valence-corrected chi connectivity index (χ4v) is 2.10. The second-order valence-corrected chi connectivity index (χ2v) is 4.67. The Bertz CT molecular complexity index is 346. The van der Waals surface area contributed by atoms with Crippen LogP contribution in [0, 0.1) is 5.92 Å². The minimum Gasteiger partial charge on any atom is -0.396 e. The van der Waals surface area contributed by atoms with Gasteiger partial charge >= 0.3 is 0 Å². The molecule has 0 unspecified atom stereocenters. The molecule has 1 fully saturated rings.